The molecule has 6 nitrogen and oxygen atoms in total. The monoisotopic (exact) mass is 313 g/mol. The number of nitrogens with zero attached hydrogens (tertiary/aromatic N) is 1. The van der Waals surface area contributed by atoms with Gasteiger partial charge in [-0.15, -0.1) is 0 Å². The smallest absolute Gasteiger partial charge is 0.317 e. The lowest BCUT2D eigenvalue weighted by molar-refractivity contribution is -0.153. The average Bonchev–Trinajstić information content (AvgIpc) is 2.39. The fourth-order valence-corrected chi connectivity index (χ4v) is 2.23. The third kappa shape index (κ3) is 6.64. The summed E-state index contributed by atoms with van der Waals surface area (Å²) in [6, 6.07) is -0.0127. The van der Waals surface area contributed by atoms with Crippen molar-refractivity contribution in [1.82, 2.24) is 15.5 Å². The highest BCUT2D eigenvalue weighted by atomic mass is 16.5. The number of unbranched alkanes of at least 4 members (excludes halogenated alkanes) is 1. The average molecular weight is 313 g/mol. The number of hydrogen-bond donors (Lipinski definition) is 2. The van der Waals surface area contributed by atoms with Crippen LogP contribution in [0.1, 0.15) is 47.5 Å². The molecule has 0 aromatic rings. The van der Waals surface area contributed by atoms with Crippen LogP contribution in [0.15, 0.2) is 0 Å². The predicted octanol–water partition coefficient (Wildman–Crippen LogP) is 1.75. The van der Waals surface area contributed by atoms with Crippen LogP contribution in [0.3, 0.4) is 0 Å². The number of carbonyl (C=O) groups is 2. The molecular weight excluding hydrogens is 282 g/mol. The first-order chi connectivity index (χ1) is 10.1. The molecule has 1 heterocycles. The largest absolute Gasteiger partial charge is 0.465 e. The molecule has 0 saturated carbocycles. The first kappa shape index (κ1) is 18.7. The number of ether oxygens (including phenoxy) is 1. The van der Waals surface area contributed by atoms with E-state index in [0.29, 0.717) is 19.7 Å². The number of piperazine rings is 1. The maximum Gasteiger partial charge on any atom is 0.317 e. The molecule has 0 radical (unpaired) electrons. The topological polar surface area (TPSA) is 70.7 Å². The van der Waals surface area contributed by atoms with Gasteiger partial charge in [-0.1, -0.05) is 0 Å². The number of amides is 2. The molecule has 0 aromatic heterocycles. The maximum atomic E-state index is 12.1. The van der Waals surface area contributed by atoms with Crippen LogP contribution >= 0.6 is 0 Å². The Kier molecular flexibility index (Phi) is 6.66. The normalized spacial score (nSPS) is 18.0. The fourth-order valence-electron chi connectivity index (χ4n) is 2.23. The van der Waals surface area contributed by atoms with Gasteiger partial charge in [-0.25, -0.2) is 4.79 Å². The number of carbonyl (C=O) groups excluding carboxylic acids is 2. The minimum Gasteiger partial charge on any atom is -0.465 e. The molecule has 1 saturated heterocycles. The Morgan fingerprint density at radius 3 is 2.55 bits per heavy atom. The zero-order chi connectivity index (χ0) is 16.8. The molecule has 0 bridgehead atoms. The van der Waals surface area contributed by atoms with Crippen molar-refractivity contribution in [2.45, 2.75) is 53.0 Å². The third-order valence-electron chi connectivity index (χ3n) is 3.55. The van der Waals surface area contributed by atoms with Crippen LogP contribution in [0.2, 0.25) is 0 Å². The van der Waals surface area contributed by atoms with Crippen LogP contribution in [-0.2, 0) is 9.53 Å². The van der Waals surface area contributed by atoms with Crippen LogP contribution in [0.4, 0.5) is 4.79 Å². The molecule has 22 heavy (non-hydrogen) atoms. The number of nitrogens with one attached hydrogen (secondary N) is 2. The van der Waals surface area contributed by atoms with Crippen LogP contribution in [0, 0.1) is 5.41 Å². The molecule has 2 N–H and O–H groups in total. The molecule has 0 unspecified atom stereocenters. The predicted molar refractivity (Wildman–Crippen MR) is 86.7 cm³/mol. The van der Waals surface area contributed by atoms with E-state index in [9.17, 15) is 9.59 Å². The van der Waals surface area contributed by atoms with E-state index >= 15 is 0 Å². The van der Waals surface area contributed by atoms with Crippen LogP contribution in [0.5, 0.6) is 0 Å². The van der Waals surface area contributed by atoms with Gasteiger partial charge >= 0.3 is 12.0 Å². The first-order valence-corrected chi connectivity index (χ1v) is 8.07. The summed E-state index contributed by atoms with van der Waals surface area (Å²) < 4.78 is 5.19. The van der Waals surface area contributed by atoms with Crippen molar-refractivity contribution < 1.29 is 14.3 Å². The molecule has 0 atom stereocenters. The standard InChI is InChI=1S/C16H31N3O3/c1-15(2,3)13(20)22-11-7-6-8-17-14(21)19-10-9-18-16(4,5)12-19/h18H,6-12H2,1-5H3,(H,17,21). The molecule has 1 aliphatic heterocycles. The Hall–Kier alpha value is -1.30. The number of rotatable bonds is 5. The van der Waals surface area contributed by atoms with E-state index in [2.05, 4.69) is 24.5 Å². The summed E-state index contributed by atoms with van der Waals surface area (Å²) >= 11 is 0. The first-order valence-electron chi connectivity index (χ1n) is 8.07. The zero-order valence-electron chi connectivity index (χ0n) is 14.6. The van der Waals surface area contributed by atoms with E-state index in [4.69, 9.17) is 4.74 Å². The van der Waals surface area contributed by atoms with Crippen molar-refractivity contribution in [1.29, 1.82) is 0 Å². The van der Waals surface area contributed by atoms with Crippen molar-refractivity contribution in [2.75, 3.05) is 32.8 Å². The van der Waals surface area contributed by atoms with E-state index < -0.39 is 5.41 Å². The van der Waals surface area contributed by atoms with Crippen LogP contribution in [-0.4, -0.2) is 55.2 Å². The van der Waals surface area contributed by atoms with Gasteiger partial charge in [0, 0.05) is 31.7 Å². The second-order valence-corrected chi connectivity index (χ2v) is 7.56. The van der Waals surface area contributed by atoms with Gasteiger partial charge in [0.2, 0.25) is 0 Å². The van der Waals surface area contributed by atoms with Crippen LogP contribution in [0.25, 0.3) is 0 Å². The van der Waals surface area contributed by atoms with E-state index in [0.717, 1.165) is 25.9 Å². The lowest BCUT2D eigenvalue weighted by atomic mass is 9.97. The van der Waals surface area contributed by atoms with E-state index in [-0.39, 0.29) is 17.5 Å². The molecule has 0 aromatic carbocycles. The van der Waals surface area contributed by atoms with E-state index in [1.165, 1.54) is 0 Å². The van der Waals surface area contributed by atoms with Gasteiger partial charge in [0.25, 0.3) is 0 Å². The number of urea groups is 1. The van der Waals surface area contributed by atoms with Gasteiger partial charge in [0.05, 0.1) is 12.0 Å². The van der Waals surface area contributed by atoms with Crippen molar-refractivity contribution in [3.05, 3.63) is 0 Å². The highest BCUT2D eigenvalue weighted by molar-refractivity contribution is 5.75. The number of hydrogen-bond acceptors (Lipinski definition) is 4. The van der Waals surface area contributed by atoms with Gasteiger partial charge in [0.1, 0.15) is 0 Å². The Morgan fingerprint density at radius 1 is 1.27 bits per heavy atom. The summed E-state index contributed by atoms with van der Waals surface area (Å²) in [5.41, 5.74) is -0.486. The second kappa shape index (κ2) is 7.81. The third-order valence-corrected chi connectivity index (χ3v) is 3.55. The highest BCUT2D eigenvalue weighted by Crippen LogP contribution is 2.15. The fraction of sp³-hybridized carbons (Fsp3) is 0.875. The Balaban J connectivity index is 2.12. The van der Waals surface area contributed by atoms with Gasteiger partial charge in [-0.05, 0) is 47.5 Å². The Labute approximate surface area is 134 Å². The van der Waals surface area contributed by atoms with Crippen molar-refractivity contribution >= 4 is 12.0 Å². The molecule has 1 aliphatic rings. The number of esters is 1. The highest BCUT2D eigenvalue weighted by Gasteiger charge is 2.28. The van der Waals surface area contributed by atoms with Crippen molar-refractivity contribution in [3.63, 3.8) is 0 Å². The molecular formula is C16H31N3O3. The van der Waals surface area contributed by atoms with Gasteiger partial charge in [0.15, 0.2) is 0 Å². The maximum absolute atomic E-state index is 12.1. The van der Waals surface area contributed by atoms with E-state index in [1.807, 2.05) is 25.7 Å². The molecule has 1 rings (SSSR count). The summed E-state index contributed by atoms with van der Waals surface area (Å²) in [5.74, 6) is -0.181. The van der Waals surface area contributed by atoms with Gasteiger partial charge < -0.3 is 20.3 Å². The lowest BCUT2D eigenvalue weighted by Gasteiger charge is -2.39. The molecule has 0 aliphatic carbocycles. The quantitative estimate of drug-likeness (QED) is 0.599. The minimum absolute atomic E-state index is 0.0127. The zero-order valence-corrected chi connectivity index (χ0v) is 14.6. The van der Waals surface area contributed by atoms with Crippen molar-refractivity contribution in [3.8, 4) is 0 Å². The SMILES string of the molecule is CC1(C)CN(C(=O)NCCCCOC(=O)C(C)(C)C)CCN1. The Morgan fingerprint density at radius 2 is 1.95 bits per heavy atom. The summed E-state index contributed by atoms with van der Waals surface area (Å²) in [6.45, 7) is 13.0. The van der Waals surface area contributed by atoms with Gasteiger partial charge in [-0.3, -0.25) is 4.79 Å². The second-order valence-electron chi connectivity index (χ2n) is 7.56. The summed E-state index contributed by atoms with van der Waals surface area (Å²) in [7, 11) is 0. The molecule has 128 valence electrons. The summed E-state index contributed by atoms with van der Waals surface area (Å²) in [5, 5.41) is 6.31. The molecule has 6 heteroatoms. The Bertz CT molecular complexity index is 389. The summed E-state index contributed by atoms with van der Waals surface area (Å²) in [6.07, 6.45) is 1.56. The molecule has 2 amide bonds. The summed E-state index contributed by atoms with van der Waals surface area (Å²) in [4.78, 5) is 25.5. The molecule has 0 spiro atoms. The van der Waals surface area contributed by atoms with Crippen molar-refractivity contribution in [2.24, 2.45) is 5.41 Å². The molecule has 1 fully saturated rings. The van der Waals surface area contributed by atoms with Gasteiger partial charge in [-0.2, -0.15) is 0 Å². The minimum atomic E-state index is -0.455. The lowest BCUT2D eigenvalue weighted by Crippen LogP contribution is -2.60. The van der Waals surface area contributed by atoms with E-state index in [1.54, 1.807) is 0 Å². The van der Waals surface area contributed by atoms with Crippen LogP contribution < -0.4 is 10.6 Å².